The van der Waals surface area contributed by atoms with Crippen LogP contribution < -0.4 is 20.1 Å². The molecule has 1 aromatic rings. The van der Waals surface area contributed by atoms with E-state index in [9.17, 15) is 4.79 Å². The standard InChI is InChI=1S/C13H20N2O3/c1-4-15-13(16)9-18-12-6-5-11(17-3)7-10(12)8-14-2/h5-7,14H,4,8-9H2,1-3H3,(H,15,16). The largest absolute Gasteiger partial charge is 0.497 e. The summed E-state index contributed by atoms with van der Waals surface area (Å²) in [5, 5.41) is 5.74. The van der Waals surface area contributed by atoms with Gasteiger partial charge in [0.15, 0.2) is 6.61 Å². The first-order valence-corrected chi connectivity index (χ1v) is 5.92. The van der Waals surface area contributed by atoms with E-state index in [1.165, 1.54) is 0 Å². The molecule has 0 aliphatic carbocycles. The van der Waals surface area contributed by atoms with Crippen LogP contribution in [0.3, 0.4) is 0 Å². The number of hydrogen-bond donors (Lipinski definition) is 2. The fourth-order valence-corrected chi connectivity index (χ4v) is 1.54. The lowest BCUT2D eigenvalue weighted by Gasteiger charge is -2.12. The van der Waals surface area contributed by atoms with Crippen molar-refractivity contribution in [3.8, 4) is 11.5 Å². The van der Waals surface area contributed by atoms with Gasteiger partial charge < -0.3 is 20.1 Å². The predicted octanol–water partition coefficient (Wildman–Crippen LogP) is 0.929. The highest BCUT2D eigenvalue weighted by Crippen LogP contribution is 2.24. The number of rotatable bonds is 7. The maximum absolute atomic E-state index is 11.3. The van der Waals surface area contributed by atoms with E-state index < -0.39 is 0 Å². The third-order valence-electron chi connectivity index (χ3n) is 2.37. The van der Waals surface area contributed by atoms with Gasteiger partial charge in [-0.1, -0.05) is 0 Å². The molecule has 0 spiro atoms. The molecular formula is C13H20N2O3. The van der Waals surface area contributed by atoms with Crippen LogP contribution in [-0.4, -0.2) is 33.2 Å². The van der Waals surface area contributed by atoms with Crippen molar-refractivity contribution in [2.24, 2.45) is 0 Å². The van der Waals surface area contributed by atoms with E-state index in [-0.39, 0.29) is 12.5 Å². The van der Waals surface area contributed by atoms with E-state index in [0.29, 0.717) is 18.8 Å². The van der Waals surface area contributed by atoms with Gasteiger partial charge in [0.05, 0.1) is 7.11 Å². The zero-order valence-electron chi connectivity index (χ0n) is 11.1. The Morgan fingerprint density at radius 3 is 2.78 bits per heavy atom. The fourth-order valence-electron chi connectivity index (χ4n) is 1.54. The predicted molar refractivity (Wildman–Crippen MR) is 69.9 cm³/mol. The number of benzene rings is 1. The highest BCUT2D eigenvalue weighted by molar-refractivity contribution is 5.77. The van der Waals surface area contributed by atoms with E-state index in [1.807, 2.05) is 32.2 Å². The van der Waals surface area contributed by atoms with Gasteiger partial charge in [-0.05, 0) is 32.2 Å². The second-order valence-corrected chi connectivity index (χ2v) is 3.75. The van der Waals surface area contributed by atoms with E-state index >= 15 is 0 Å². The lowest BCUT2D eigenvalue weighted by atomic mass is 10.2. The Morgan fingerprint density at radius 2 is 2.17 bits per heavy atom. The third-order valence-corrected chi connectivity index (χ3v) is 2.37. The zero-order valence-corrected chi connectivity index (χ0v) is 11.1. The molecule has 0 radical (unpaired) electrons. The van der Waals surface area contributed by atoms with E-state index in [1.54, 1.807) is 7.11 Å². The number of methoxy groups -OCH3 is 1. The van der Waals surface area contributed by atoms with Crippen molar-refractivity contribution < 1.29 is 14.3 Å². The molecule has 0 saturated carbocycles. The molecule has 0 unspecified atom stereocenters. The molecule has 1 aromatic carbocycles. The smallest absolute Gasteiger partial charge is 0.257 e. The average molecular weight is 252 g/mol. The Kier molecular flexibility index (Phi) is 6.00. The molecule has 1 rings (SSSR count). The van der Waals surface area contributed by atoms with Gasteiger partial charge in [0.2, 0.25) is 0 Å². The van der Waals surface area contributed by atoms with Gasteiger partial charge in [-0.2, -0.15) is 0 Å². The number of carbonyl (C=O) groups excluding carboxylic acids is 1. The summed E-state index contributed by atoms with van der Waals surface area (Å²) in [6.07, 6.45) is 0. The van der Waals surface area contributed by atoms with Crippen LogP contribution in [-0.2, 0) is 11.3 Å². The van der Waals surface area contributed by atoms with E-state index in [0.717, 1.165) is 11.3 Å². The number of nitrogens with one attached hydrogen (secondary N) is 2. The molecule has 0 atom stereocenters. The van der Waals surface area contributed by atoms with Crippen molar-refractivity contribution in [2.45, 2.75) is 13.5 Å². The molecule has 2 N–H and O–H groups in total. The molecule has 0 bridgehead atoms. The first-order chi connectivity index (χ1) is 8.71. The number of ether oxygens (including phenoxy) is 2. The monoisotopic (exact) mass is 252 g/mol. The minimum Gasteiger partial charge on any atom is -0.497 e. The van der Waals surface area contributed by atoms with Gasteiger partial charge in [0.1, 0.15) is 11.5 Å². The zero-order chi connectivity index (χ0) is 13.4. The van der Waals surface area contributed by atoms with Crippen molar-refractivity contribution >= 4 is 5.91 Å². The minimum absolute atomic E-state index is 0.0247. The Labute approximate surface area is 107 Å². The second kappa shape index (κ2) is 7.55. The Morgan fingerprint density at radius 1 is 1.39 bits per heavy atom. The van der Waals surface area contributed by atoms with Crippen LogP contribution in [0.25, 0.3) is 0 Å². The summed E-state index contributed by atoms with van der Waals surface area (Å²) in [7, 11) is 3.47. The van der Waals surface area contributed by atoms with Crippen LogP contribution in [0.2, 0.25) is 0 Å². The van der Waals surface area contributed by atoms with Gasteiger partial charge in [-0.25, -0.2) is 0 Å². The summed E-state index contributed by atoms with van der Waals surface area (Å²) in [5.41, 5.74) is 0.959. The Bertz CT molecular complexity index is 394. The van der Waals surface area contributed by atoms with Gasteiger partial charge >= 0.3 is 0 Å². The van der Waals surface area contributed by atoms with Gasteiger partial charge in [-0.3, -0.25) is 4.79 Å². The first kappa shape index (κ1) is 14.3. The molecule has 1 amide bonds. The topological polar surface area (TPSA) is 59.6 Å². The molecular weight excluding hydrogens is 232 g/mol. The third kappa shape index (κ3) is 4.25. The molecule has 0 fully saturated rings. The highest BCUT2D eigenvalue weighted by atomic mass is 16.5. The quantitative estimate of drug-likeness (QED) is 0.758. The maximum Gasteiger partial charge on any atom is 0.257 e. The molecule has 100 valence electrons. The fraction of sp³-hybridized carbons (Fsp3) is 0.462. The molecule has 0 aromatic heterocycles. The van der Waals surface area contributed by atoms with Crippen LogP contribution in [0, 0.1) is 0 Å². The lowest BCUT2D eigenvalue weighted by molar-refractivity contribution is -0.122. The maximum atomic E-state index is 11.3. The summed E-state index contributed by atoms with van der Waals surface area (Å²) in [6.45, 7) is 3.16. The van der Waals surface area contributed by atoms with Crippen LogP contribution in [0.4, 0.5) is 0 Å². The van der Waals surface area contributed by atoms with Crippen molar-refractivity contribution in [3.63, 3.8) is 0 Å². The average Bonchev–Trinajstić information content (AvgIpc) is 2.38. The number of hydrogen-bond acceptors (Lipinski definition) is 4. The van der Waals surface area contributed by atoms with Crippen LogP contribution in [0.15, 0.2) is 18.2 Å². The van der Waals surface area contributed by atoms with Gasteiger partial charge in [0.25, 0.3) is 5.91 Å². The molecule has 0 aliphatic heterocycles. The molecule has 0 heterocycles. The number of likely N-dealkylation sites (N-methyl/N-ethyl adjacent to an activating group) is 1. The van der Waals surface area contributed by atoms with E-state index in [4.69, 9.17) is 9.47 Å². The minimum atomic E-state index is -0.122. The van der Waals surface area contributed by atoms with Crippen LogP contribution in [0.5, 0.6) is 11.5 Å². The van der Waals surface area contributed by atoms with Crippen molar-refractivity contribution in [1.29, 1.82) is 0 Å². The molecule has 5 nitrogen and oxygen atoms in total. The SMILES string of the molecule is CCNC(=O)COc1ccc(OC)cc1CNC. The van der Waals surface area contributed by atoms with Crippen molar-refractivity contribution in [2.75, 3.05) is 27.3 Å². The van der Waals surface area contributed by atoms with E-state index in [2.05, 4.69) is 10.6 Å². The summed E-state index contributed by atoms with van der Waals surface area (Å²) >= 11 is 0. The molecule has 18 heavy (non-hydrogen) atoms. The summed E-state index contributed by atoms with van der Waals surface area (Å²) in [6, 6.07) is 5.51. The molecule has 0 aliphatic rings. The summed E-state index contributed by atoms with van der Waals surface area (Å²) < 4.78 is 10.7. The number of carbonyl (C=O) groups is 1. The van der Waals surface area contributed by atoms with Crippen LogP contribution in [0.1, 0.15) is 12.5 Å². The summed E-state index contributed by atoms with van der Waals surface area (Å²) in [5.74, 6) is 1.34. The molecule has 0 saturated heterocycles. The van der Waals surface area contributed by atoms with Crippen LogP contribution >= 0.6 is 0 Å². The second-order valence-electron chi connectivity index (χ2n) is 3.75. The Balaban J connectivity index is 2.71. The van der Waals surface area contributed by atoms with Crippen molar-refractivity contribution in [3.05, 3.63) is 23.8 Å². The lowest BCUT2D eigenvalue weighted by Crippen LogP contribution is -2.28. The Hall–Kier alpha value is -1.75. The number of amides is 1. The van der Waals surface area contributed by atoms with Gasteiger partial charge in [0, 0.05) is 18.7 Å². The van der Waals surface area contributed by atoms with Gasteiger partial charge in [-0.15, -0.1) is 0 Å². The first-order valence-electron chi connectivity index (χ1n) is 5.92. The normalized spacial score (nSPS) is 9.94. The molecule has 5 heteroatoms. The van der Waals surface area contributed by atoms with Crippen molar-refractivity contribution in [1.82, 2.24) is 10.6 Å². The summed E-state index contributed by atoms with van der Waals surface area (Å²) in [4.78, 5) is 11.3. The highest BCUT2D eigenvalue weighted by Gasteiger charge is 2.07.